The smallest absolute Gasteiger partial charge is 0.315 e. The van der Waals surface area contributed by atoms with Crippen molar-refractivity contribution in [3.8, 4) is 0 Å². The molecule has 1 aliphatic carbocycles. The van der Waals surface area contributed by atoms with Crippen molar-refractivity contribution in [1.29, 1.82) is 0 Å². The zero-order valence-electron chi connectivity index (χ0n) is 14.6. The van der Waals surface area contributed by atoms with E-state index in [1.807, 2.05) is 11.6 Å². The minimum Gasteiger partial charge on any atom is -0.388 e. The van der Waals surface area contributed by atoms with Gasteiger partial charge in [-0.25, -0.2) is 14.5 Å². The predicted octanol–water partition coefficient (Wildman–Crippen LogP) is 2.06. The van der Waals surface area contributed by atoms with Gasteiger partial charge in [0.2, 0.25) is 0 Å². The number of hydrogen-bond acceptors (Lipinski definition) is 4. The molecule has 1 aromatic heterocycles. The lowest BCUT2D eigenvalue weighted by Crippen LogP contribution is -2.47. The van der Waals surface area contributed by atoms with Crippen LogP contribution in [0, 0.1) is 0 Å². The van der Waals surface area contributed by atoms with Crippen molar-refractivity contribution in [2.75, 3.05) is 6.54 Å². The second-order valence-electron chi connectivity index (χ2n) is 7.12. The molecule has 2 heterocycles. The van der Waals surface area contributed by atoms with E-state index in [0.29, 0.717) is 6.54 Å². The van der Waals surface area contributed by atoms with Crippen LogP contribution < -0.4 is 10.6 Å². The summed E-state index contributed by atoms with van der Waals surface area (Å²) in [5, 5.41) is 21.0. The van der Waals surface area contributed by atoms with E-state index in [0.717, 1.165) is 63.1 Å². The summed E-state index contributed by atoms with van der Waals surface area (Å²) in [5.41, 5.74) is -0.754. The molecule has 0 radical (unpaired) electrons. The van der Waals surface area contributed by atoms with Crippen molar-refractivity contribution in [1.82, 2.24) is 25.4 Å². The topological polar surface area (TPSA) is 92.1 Å². The Morgan fingerprint density at radius 1 is 1.29 bits per heavy atom. The van der Waals surface area contributed by atoms with Gasteiger partial charge in [-0.05, 0) is 25.7 Å². The molecule has 1 saturated carbocycles. The van der Waals surface area contributed by atoms with Gasteiger partial charge in [0.15, 0.2) is 5.82 Å². The van der Waals surface area contributed by atoms with Gasteiger partial charge in [0.05, 0.1) is 11.6 Å². The molecule has 3 N–H and O–H groups in total. The zero-order valence-corrected chi connectivity index (χ0v) is 14.6. The Morgan fingerprint density at radius 3 is 2.75 bits per heavy atom. The van der Waals surface area contributed by atoms with Gasteiger partial charge in [0, 0.05) is 19.5 Å². The maximum absolute atomic E-state index is 12.3. The number of aliphatic hydroxyl groups is 1. The molecule has 1 atom stereocenters. The first kappa shape index (κ1) is 17.2. The third-order valence-electron chi connectivity index (χ3n) is 5.15. The van der Waals surface area contributed by atoms with E-state index >= 15 is 0 Å². The summed E-state index contributed by atoms with van der Waals surface area (Å²) in [6.07, 6.45) is 8.60. The van der Waals surface area contributed by atoms with Crippen LogP contribution >= 0.6 is 0 Å². The summed E-state index contributed by atoms with van der Waals surface area (Å²) in [6.45, 7) is 3.21. The van der Waals surface area contributed by atoms with Crippen molar-refractivity contribution in [2.45, 2.75) is 82.9 Å². The number of aryl methyl sites for hydroxylation is 2. The van der Waals surface area contributed by atoms with Gasteiger partial charge in [0.1, 0.15) is 5.82 Å². The molecule has 0 saturated heterocycles. The Hall–Kier alpha value is -1.63. The Morgan fingerprint density at radius 2 is 2.04 bits per heavy atom. The van der Waals surface area contributed by atoms with Gasteiger partial charge < -0.3 is 15.7 Å². The molecule has 1 aromatic rings. The number of rotatable bonds is 4. The molecule has 0 spiro atoms. The lowest BCUT2D eigenvalue weighted by molar-refractivity contribution is 0.0275. The first-order chi connectivity index (χ1) is 11.6. The number of carbonyl (C=O) groups is 1. The highest BCUT2D eigenvalue weighted by molar-refractivity contribution is 5.74. The highest BCUT2D eigenvalue weighted by Gasteiger charge is 2.30. The summed E-state index contributed by atoms with van der Waals surface area (Å²) in [4.78, 5) is 16.8. The predicted molar refractivity (Wildman–Crippen MR) is 90.6 cm³/mol. The molecule has 7 heteroatoms. The molecule has 0 aromatic carbocycles. The number of nitrogens with one attached hydrogen (secondary N) is 2. The summed E-state index contributed by atoms with van der Waals surface area (Å²) in [7, 11) is 0. The van der Waals surface area contributed by atoms with Gasteiger partial charge in [-0.2, -0.15) is 5.10 Å². The third-order valence-corrected chi connectivity index (χ3v) is 5.15. The lowest BCUT2D eigenvalue weighted by atomic mass is 9.94. The van der Waals surface area contributed by atoms with Crippen LogP contribution in [0.5, 0.6) is 0 Å². The number of fused-ring (bicyclic) bond motifs is 1. The van der Waals surface area contributed by atoms with E-state index in [1.165, 1.54) is 12.8 Å². The number of carbonyl (C=O) groups excluding carboxylic acids is 1. The number of nitrogens with zero attached hydrogens (tertiary/aromatic N) is 3. The Balaban J connectivity index is 1.55. The minimum atomic E-state index is -0.754. The van der Waals surface area contributed by atoms with E-state index in [9.17, 15) is 9.90 Å². The van der Waals surface area contributed by atoms with E-state index in [4.69, 9.17) is 0 Å². The lowest BCUT2D eigenvalue weighted by Gasteiger charge is -2.28. The fourth-order valence-corrected chi connectivity index (χ4v) is 3.70. The van der Waals surface area contributed by atoms with Crippen LogP contribution in [-0.2, 0) is 13.0 Å². The second kappa shape index (κ2) is 7.51. The van der Waals surface area contributed by atoms with Crippen molar-refractivity contribution in [2.24, 2.45) is 0 Å². The average molecular weight is 335 g/mol. The van der Waals surface area contributed by atoms with Gasteiger partial charge in [-0.3, -0.25) is 0 Å². The molecular weight excluding hydrogens is 306 g/mol. The highest BCUT2D eigenvalue weighted by Crippen LogP contribution is 2.26. The van der Waals surface area contributed by atoms with Crippen LogP contribution in [-0.4, -0.2) is 38.0 Å². The molecule has 7 nitrogen and oxygen atoms in total. The zero-order chi connectivity index (χ0) is 17.0. The Kier molecular flexibility index (Phi) is 5.38. The van der Waals surface area contributed by atoms with Crippen molar-refractivity contribution >= 4 is 6.03 Å². The number of hydrogen-bond donors (Lipinski definition) is 3. The van der Waals surface area contributed by atoms with Gasteiger partial charge in [-0.15, -0.1) is 0 Å². The van der Waals surface area contributed by atoms with Gasteiger partial charge in [-0.1, -0.05) is 32.6 Å². The molecule has 2 aliphatic rings. The average Bonchev–Trinajstić information content (AvgIpc) is 2.89. The first-order valence-corrected chi connectivity index (χ1v) is 9.30. The molecule has 134 valence electrons. The van der Waals surface area contributed by atoms with Crippen LogP contribution in [0.3, 0.4) is 0 Å². The maximum Gasteiger partial charge on any atom is 0.315 e. The van der Waals surface area contributed by atoms with Crippen molar-refractivity contribution < 1.29 is 9.90 Å². The van der Waals surface area contributed by atoms with Gasteiger partial charge in [0.25, 0.3) is 0 Å². The first-order valence-electron chi connectivity index (χ1n) is 9.30. The minimum absolute atomic E-state index is 0.102. The maximum atomic E-state index is 12.3. The summed E-state index contributed by atoms with van der Waals surface area (Å²) < 4.78 is 1.91. The number of urea groups is 1. The molecule has 24 heavy (non-hydrogen) atoms. The van der Waals surface area contributed by atoms with E-state index in [2.05, 4.69) is 20.7 Å². The molecule has 1 unspecified atom stereocenters. The van der Waals surface area contributed by atoms with Crippen LogP contribution in [0.25, 0.3) is 0 Å². The van der Waals surface area contributed by atoms with E-state index in [1.54, 1.807) is 0 Å². The van der Waals surface area contributed by atoms with E-state index in [-0.39, 0.29) is 12.1 Å². The molecule has 1 aliphatic heterocycles. The Labute approximate surface area is 143 Å². The normalized spacial score (nSPS) is 23.2. The molecule has 2 amide bonds. The summed E-state index contributed by atoms with van der Waals surface area (Å²) in [5.74, 6) is 1.67. The quantitative estimate of drug-likeness (QED) is 0.734. The van der Waals surface area contributed by atoms with Gasteiger partial charge >= 0.3 is 6.03 Å². The number of amides is 2. The van der Waals surface area contributed by atoms with E-state index < -0.39 is 5.60 Å². The molecule has 3 rings (SSSR count). The summed E-state index contributed by atoms with van der Waals surface area (Å²) >= 11 is 0. The monoisotopic (exact) mass is 335 g/mol. The SMILES string of the molecule is CCc1nc2n(n1)CCCC2NC(=O)NCC1(O)CCCCCC1. The Bertz CT molecular complexity index is 563. The van der Waals surface area contributed by atoms with Crippen LogP contribution in [0.2, 0.25) is 0 Å². The largest absolute Gasteiger partial charge is 0.388 e. The second-order valence-corrected chi connectivity index (χ2v) is 7.12. The molecule has 1 fully saturated rings. The van der Waals surface area contributed by atoms with Crippen molar-refractivity contribution in [3.05, 3.63) is 11.6 Å². The fraction of sp³-hybridized carbons (Fsp3) is 0.824. The highest BCUT2D eigenvalue weighted by atomic mass is 16.3. The summed E-state index contributed by atoms with van der Waals surface area (Å²) in [6, 6.07) is -0.331. The fourth-order valence-electron chi connectivity index (χ4n) is 3.70. The standard InChI is InChI=1S/C17H29N5O2/c1-2-14-20-15-13(8-7-11-22(15)21-14)19-16(23)18-12-17(24)9-5-3-4-6-10-17/h13,24H,2-12H2,1H3,(H2,18,19,23). The molecule has 0 bridgehead atoms. The van der Waals surface area contributed by atoms with Crippen molar-refractivity contribution in [3.63, 3.8) is 0 Å². The van der Waals surface area contributed by atoms with Crippen LogP contribution in [0.4, 0.5) is 4.79 Å². The van der Waals surface area contributed by atoms with Crippen LogP contribution in [0.15, 0.2) is 0 Å². The van der Waals surface area contributed by atoms with Crippen LogP contribution in [0.1, 0.15) is 76.0 Å². The third kappa shape index (κ3) is 4.06. The number of aromatic nitrogens is 3. The molecular formula is C17H29N5O2.